The normalized spacial score (nSPS) is 9.67. The number of rotatable bonds is 1. The van der Waals surface area contributed by atoms with Gasteiger partial charge in [-0.25, -0.2) is 4.98 Å². The molecular weight excluding hydrogens is 220 g/mol. The molecule has 0 bridgehead atoms. The standard InChI is InChI=1S/C7H9ClN6O/c8-5-3(10)1-2(9)4(13-5)6(15)14-7(11)12/h1H,9-10H2,(H4,11,12,14,15). The van der Waals surface area contributed by atoms with Crippen LogP contribution < -0.4 is 22.9 Å². The summed E-state index contributed by atoms with van der Waals surface area (Å²) in [5.41, 5.74) is 21.1. The van der Waals surface area contributed by atoms with E-state index in [1.165, 1.54) is 6.07 Å². The van der Waals surface area contributed by atoms with Crippen LogP contribution in [-0.4, -0.2) is 16.9 Å². The van der Waals surface area contributed by atoms with Crippen molar-refractivity contribution in [3.8, 4) is 0 Å². The number of hydrogen-bond donors (Lipinski definition) is 4. The third kappa shape index (κ3) is 2.47. The van der Waals surface area contributed by atoms with E-state index in [0.29, 0.717) is 0 Å². The van der Waals surface area contributed by atoms with Crippen LogP contribution in [0.25, 0.3) is 0 Å². The summed E-state index contributed by atoms with van der Waals surface area (Å²) in [5, 5.41) is -0.0293. The average molecular weight is 229 g/mol. The Kier molecular flexibility index (Phi) is 2.96. The highest BCUT2D eigenvalue weighted by molar-refractivity contribution is 6.32. The molecule has 0 saturated heterocycles. The lowest BCUT2D eigenvalue weighted by Gasteiger charge is -2.03. The topological polar surface area (TPSA) is 146 Å². The molecule has 0 aliphatic heterocycles. The second-order valence-electron chi connectivity index (χ2n) is 2.65. The monoisotopic (exact) mass is 228 g/mol. The zero-order chi connectivity index (χ0) is 11.6. The van der Waals surface area contributed by atoms with Gasteiger partial charge in [0.15, 0.2) is 16.8 Å². The van der Waals surface area contributed by atoms with E-state index in [-0.39, 0.29) is 28.2 Å². The van der Waals surface area contributed by atoms with Crippen LogP contribution in [0.3, 0.4) is 0 Å². The van der Waals surface area contributed by atoms with Gasteiger partial charge < -0.3 is 22.9 Å². The summed E-state index contributed by atoms with van der Waals surface area (Å²) < 4.78 is 0. The van der Waals surface area contributed by atoms with E-state index in [4.69, 9.17) is 34.5 Å². The number of guanidine groups is 1. The molecule has 1 heterocycles. The number of nitrogens with zero attached hydrogens (tertiary/aromatic N) is 2. The van der Waals surface area contributed by atoms with Crippen molar-refractivity contribution in [1.29, 1.82) is 0 Å². The van der Waals surface area contributed by atoms with Crippen molar-refractivity contribution in [2.24, 2.45) is 16.5 Å². The predicted molar refractivity (Wildman–Crippen MR) is 58.2 cm³/mol. The van der Waals surface area contributed by atoms with Crippen LogP contribution in [0.5, 0.6) is 0 Å². The fourth-order valence-corrected chi connectivity index (χ4v) is 1.00. The van der Waals surface area contributed by atoms with Gasteiger partial charge in [-0.2, -0.15) is 4.99 Å². The Bertz CT molecular complexity index is 439. The Morgan fingerprint density at radius 1 is 1.33 bits per heavy atom. The highest BCUT2D eigenvalue weighted by Gasteiger charge is 2.13. The first-order chi connectivity index (χ1) is 6.91. The minimum Gasteiger partial charge on any atom is -0.397 e. The van der Waals surface area contributed by atoms with Crippen LogP contribution in [0.4, 0.5) is 11.4 Å². The minimum atomic E-state index is -0.769. The maximum Gasteiger partial charge on any atom is 0.300 e. The van der Waals surface area contributed by atoms with Crippen LogP contribution in [0, 0.1) is 0 Å². The summed E-state index contributed by atoms with van der Waals surface area (Å²) in [4.78, 5) is 18.3. The van der Waals surface area contributed by atoms with Crippen LogP contribution in [0.15, 0.2) is 11.1 Å². The largest absolute Gasteiger partial charge is 0.397 e. The summed E-state index contributed by atoms with van der Waals surface area (Å²) in [6.07, 6.45) is 0. The van der Waals surface area contributed by atoms with Crippen LogP contribution in [-0.2, 0) is 0 Å². The van der Waals surface area contributed by atoms with Gasteiger partial charge in [0, 0.05) is 0 Å². The molecule has 0 saturated carbocycles. The van der Waals surface area contributed by atoms with Crippen molar-refractivity contribution in [2.45, 2.75) is 0 Å². The van der Waals surface area contributed by atoms with E-state index in [1.807, 2.05) is 0 Å². The molecule has 8 heteroatoms. The Balaban J connectivity index is 3.21. The molecule has 1 aromatic heterocycles. The van der Waals surface area contributed by atoms with Crippen molar-refractivity contribution in [1.82, 2.24) is 4.98 Å². The van der Waals surface area contributed by atoms with Gasteiger partial charge in [0.1, 0.15) is 0 Å². The number of aromatic nitrogens is 1. The van der Waals surface area contributed by atoms with Crippen LogP contribution >= 0.6 is 11.6 Å². The molecule has 1 aromatic rings. The van der Waals surface area contributed by atoms with Gasteiger partial charge in [0.2, 0.25) is 0 Å². The molecule has 80 valence electrons. The molecule has 1 amide bonds. The first-order valence-electron chi connectivity index (χ1n) is 3.77. The molecule has 15 heavy (non-hydrogen) atoms. The SMILES string of the molecule is NC(N)=NC(=O)c1nc(Cl)c(N)cc1N. The number of pyridine rings is 1. The zero-order valence-corrected chi connectivity index (χ0v) is 8.32. The number of aliphatic imine (C=N–C) groups is 1. The van der Waals surface area contributed by atoms with Crippen LogP contribution in [0.1, 0.15) is 10.5 Å². The number of carbonyl (C=O) groups excluding carboxylic acids is 1. The van der Waals surface area contributed by atoms with Crippen molar-refractivity contribution in [3.63, 3.8) is 0 Å². The van der Waals surface area contributed by atoms with Crippen molar-refractivity contribution < 1.29 is 4.79 Å². The highest BCUT2D eigenvalue weighted by Crippen LogP contribution is 2.21. The molecule has 0 fully saturated rings. The first kappa shape index (κ1) is 11.1. The number of nitrogen functional groups attached to an aromatic ring is 2. The number of carbonyl (C=O) groups is 1. The van der Waals surface area contributed by atoms with Gasteiger partial charge in [-0.1, -0.05) is 11.6 Å². The summed E-state index contributed by atoms with van der Waals surface area (Å²) in [7, 11) is 0. The smallest absolute Gasteiger partial charge is 0.300 e. The molecule has 8 N–H and O–H groups in total. The van der Waals surface area contributed by atoms with Crippen LogP contribution in [0.2, 0.25) is 5.15 Å². The second kappa shape index (κ2) is 4.01. The van der Waals surface area contributed by atoms with Gasteiger partial charge >= 0.3 is 5.91 Å². The van der Waals surface area contributed by atoms with Gasteiger partial charge in [-0.05, 0) is 6.07 Å². The molecule has 0 aliphatic rings. The predicted octanol–water partition coefficient (Wildman–Crippen LogP) is -0.687. The van der Waals surface area contributed by atoms with Gasteiger partial charge in [0.25, 0.3) is 0 Å². The summed E-state index contributed by atoms with van der Waals surface area (Å²) >= 11 is 5.61. The van der Waals surface area contributed by atoms with E-state index >= 15 is 0 Å². The fourth-order valence-electron chi connectivity index (χ4n) is 0.864. The Morgan fingerprint density at radius 3 is 2.47 bits per heavy atom. The zero-order valence-electron chi connectivity index (χ0n) is 7.57. The van der Waals surface area contributed by atoms with Crippen molar-refractivity contribution >= 4 is 34.8 Å². The Morgan fingerprint density at radius 2 is 1.93 bits per heavy atom. The highest BCUT2D eigenvalue weighted by atomic mass is 35.5. The van der Waals surface area contributed by atoms with E-state index in [2.05, 4.69) is 9.98 Å². The average Bonchev–Trinajstić information content (AvgIpc) is 2.09. The molecule has 0 aromatic carbocycles. The van der Waals surface area contributed by atoms with Crippen molar-refractivity contribution in [2.75, 3.05) is 11.5 Å². The second-order valence-corrected chi connectivity index (χ2v) is 3.01. The quantitative estimate of drug-likeness (QED) is 0.284. The van der Waals surface area contributed by atoms with E-state index in [1.54, 1.807) is 0 Å². The maximum atomic E-state index is 11.3. The van der Waals surface area contributed by atoms with Crippen molar-refractivity contribution in [3.05, 3.63) is 16.9 Å². The number of hydrogen-bond acceptors (Lipinski definition) is 4. The third-order valence-electron chi connectivity index (χ3n) is 1.47. The van der Waals surface area contributed by atoms with Gasteiger partial charge in [-0.15, -0.1) is 0 Å². The van der Waals surface area contributed by atoms with E-state index in [0.717, 1.165) is 0 Å². The lowest BCUT2D eigenvalue weighted by atomic mass is 10.2. The molecular formula is C7H9ClN6O. The Labute approximate surface area is 90.1 Å². The fraction of sp³-hybridized carbons (Fsp3) is 0. The summed E-state index contributed by atoms with van der Waals surface area (Å²) in [6.45, 7) is 0. The lowest BCUT2D eigenvalue weighted by Crippen LogP contribution is -2.24. The third-order valence-corrected chi connectivity index (χ3v) is 1.77. The van der Waals surface area contributed by atoms with E-state index < -0.39 is 5.91 Å². The number of anilines is 2. The van der Waals surface area contributed by atoms with Gasteiger partial charge in [-0.3, -0.25) is 4.79 Å². The molecule has 0 aliphatic carbocycles. The number of halogens is 1. The molecule has 1 rings (SSSR count). The maximum absolute atomic E-state index is 11.3. The number of nitrogens with two attached hydrogens (primary N) is 4. The first-order valence-corrected chi connectivity index (χ1v) is 4.15. The molecule has 0 unspecified atom stereocenters. The van der Waals surface area contributed by atoms with Gasteiger partial charge in [0.05, 0.1) is 11.4 Å². The molecule has 7 nitrogen and oxygen atoms in total. The van der Waals surface area contributed by atoms with E-state index in [9.17, 15) is 4.79 Å². The molecule has 0 spiro atoms. The lowest BCUT2D eigenvalue weighted by molar-refractivity contribution is 0.0999. The molecule has 0 radical (unpaired) electrons. The molecule has 0 atom stereocenters. The summed E-state index contributed by atoms with van der Waals surface area (Å²) in [6, 6.07) is 1.31. The number of amides is 1. The Hall–Kier alpha value is -2.02. The minimum absolute atomic E-state index is 0.0293. The summed E-state index contributed by atoms with van der Waals surface area (Å²) in [5.74, 6) is -1.15.